The van der Waals surface area contributed by atoms with E-state index in [1.807, 2.05) is 6.07 Å². The van der Waals surface area contributed by atoms with Crippen molar-refractivity contribution in [1.82, 2.24) is 10.6 Å². The van der Waals surface area contributed by atoms with Crippen LogP contribution in [0.1, 0.15) is 17.5 Å². The largest absolute Gasteiger partial charge is 0.493 e. The second kappa shape index (κ2) is 4.64. The lowest BCUT2D eigenvalue weighted by Crippen LogP contribution is -2.44. The Morgan fingerprint density at radius 2 is 2.00 bits per heavy atom. The Labute approximate surface area is 119 Å². The number of hydrogen-bond acceptors (Lipinski definition) is 4. The molecule has 0 bridgehead atoms. The fraction of sp³-hybridized carbons (Fsp3) is 0.625. The molecule has 0 amide bonds. The minimum Gasteiger partial charge on any atom is -0.493 e. The molecule has 0 saturated carbocycles. The quantitative estimate of drug-likeness (QED) is 0.794. The number of benzene rings is 1. The third-order valence-corrected chi connectivity index (χ3v) is 5.20. The van der Waals surface area contributed by atoms with Crippen molar-refractivity contribution in [3.63, 3.8) is 0 Å². The van der Waals surface area contributed by atoms with Crippen LogP contribution in [-0.4, -0.2) is 38.9 Å². The van der Waals surface area contributed by atoms with Gasteiger partial charge in [-0.05, 0) is 43.4 Å². The van der Waals surface area contributed by atoms with Crippen molar-refractivity contribution < 1.29 is 9.47 Å². The van der Waals surface area contributed by atoms with Crippen molar-refractivity contribution in [2.24, 2.45) is 5.92 Å². The summed E-state index contributed by atoms with van der Waals surface area (Å²) in [6, 6.07) is 6.29. The second-order valence-corrected chi connectivity index (χ2v) is 6.16. The van der Waals surface area contributed by atoms with Gasteiger partial charge in [0.15, 0.2) is 11.5 Å². The van der Waals surface area contributed by atoms with Gasteiger partial charge in [-0.15, -0.1) is 0 Å². The minimum absolute atomic E-state index is 0.563. The molecule has 2 aliphatic heterocycles. The first kappa shape index (κ1) is 12.5. The van der Waals surface area contributed by atoms with E-state index in [0.717, 1.165) is 43.0 Å². The van der Waals surface area contributed by atoms with Gasteiger partial charge in [-0.3, -0.25) is 0 Å². The second-order valence-electron chi connectivity index (χ2n) is 6.16. The van der Waals surface area contributed by atoms with Gasteiger partial charge >= 0.3 is 0 Å². The molecule has 1 aliphatic carbocycles. The van der Waals surface area contributed by atoms with E-state index >= 15 is 0 Å². The Bertz CT molecular complexity index is 531. The maximum atomic E-state index is 5.61. The van der Waals surface area contributed by atoms with Crippen LogP contribution in [0.2, 0.25) is 0 Å². The van der Waals surface area contributed by atoms with E-state index in [0.29, 0.717) is 12.0 Å². The summed E-state index contributed by atoms with van der Waals surface area (Å²) in [6.07, 6.45) is 3.45. The molecular weight excluding hydrogens is 252 g/mol. The first-order valence-electron chi connectivity index (χ1n) is 7.54. The van der Waals surface area contributed by atoms with Gasteiger partial charge in [-0.1, -0.05) is 6.07 Å². The molecule has 2 heterocycles. The van der Waals surface area contributed by atoms with Crippen molar-refractivity contribution >= 4 is 0 Å². The number of ether oxygens (including phenoxy) is 2. The first-order valence-corrected chi connectivity index (χ1v) is 7.54. The third-order valence-electron chi connectivity index (χ3n) is 5.20. The Balaban J connectivity index is 1.72. The van der Waals surface area contributed by atoms with Gasteiger partial charge in [0.25, 0.3) is 0 Å². The smallest absolute Gasteiger partial charge is 0.164 e. The van der Waals surface area contributed by atoms with E-state index < -0.39 is 0 Å². The Morgan fingerprint density at radius 1 is 1.10 bits per heavy atom. The number of methoxy groups -OCH3 is 2. The summed E-state index contributed by atoms with van der Waals surface area (Å²) in [5.74, 6) is 2.49. The van der Waals surface area contributed by atoms with Gasteiger partial charge in [0.05, 0.1) is 14.2 Å². The summed E-state index contributed by atoms with van der Waals surface area (Å²) in [6.45, 7) is 1.12. The lowest BCUT2D eigenvalue weighted by Gasteiger charge is -2.34. The molecular formula is C16H22N2O2. The number of fused-ring (bicyclic) bond motifs is 4. The highest BCUT2D eigenvalue weighted by atomic mass is 16.5. The lowest BCUT2D eigenvalue weighted by molar-refractivity contribution is 0.316. The molecule has 0 aromatic heterocycles. The third kappa shape index (κ3) is 1.82. The zero-order valence-corrected chi connectivity index (χ0v) is 12.1. The molecule has 1 aromatic rings. The highest BCUT2D eigenvalue weighted by Crippen LogP contribution is 2.42. The Morgan fingerprint density at radius 3 is 2.80 bits per heavy atom. The van der Waals surface area contributed by atoms with Crippen molar-refractivity contribution in [2.75, 3.05) is 20.8 Å². The van der Waals surface area contributed by atoms with Crippen molar-refractivity contribution in [3.05, 3.63) is 23.3 Å². The van der Waals surface area contributed by atoms with Gasteiger partial charge in [0.2, 0.25) is 0 Å². The van der Waals surface area contributed by atoms with Crippen molar-refractivity contribution in [2.45, 2.75) is 37.4 Å². The number of hydrogen-bond donors (Lipinski definition) is 2. The van der Waals surface area contributed by atoms with Crippen molar-refractivity contribution in [3.8, 4) is 11.5 Å². The molecule has 4 rings (SSSR count). The number of rotatable bonds is 2. The summed E-state index contributed by atoms with van der Waals surface area (Å²) < 4.78 is 11.0. The summed E-state index contributed by atoms with van der Waals surface area (Å²) >= 11 is 0. The van der Waals surface area contributed by atoms with Crippen LogP contribution < -0.4 is 20.1 Å². The molecule has 4 atom stereocenters. The zero-order valence-electron chi connectivity index (χ0n) is 12.1. The van der Waals surface area contributed by atoms with Crippen LogP contribution in [0.25, 0.3) is 0 Å². The molecule has 20 heavy (non-hydrogen) atoms. The van der Waals surface area contributed by atoms with E-state index in [2.05, 4.69) is 16.7 Å². The zero-order chi connectivity index (χ0) is 13.7. The average molecular weight is 274 g/mol. The maximum Gasteiger partial charge on any atom is 0.164 e. The molecule has 4 nitrogen and oxygen atoms in total. The number of nitrogens with one attached hydrogen (secondary N) is 2. The lowest BCUT2D eigenvalue weighted by atomic mass is 9.77. The van der Waals surface area contributed by atoms with Gasteiger partial charge in [0, 0.05) is 23.7 Å². The van der Waals surface area contributed by atoms with Crippen molar-refractivity contribution in [1.29, 1.82) is 0 Å². The van der Waals surface area contributed by atoms with Crippen LogP contribution in [0, 0.1) is 5.92 Å². The van der Waals surface area contributed by atoms with Gasteiger partial charge in [-0.25, -0.2) is 0 Å². The molecule has 2 saturated heterocycles. The Hall–Kier alpha value is -1.26. The molecule has 0 spiro atoms. The van der Waals surface area contributed by atoms with E-state index in [-0.39, 0.29) is 0 Å². The molecule has 2 fully saturated rings. The molecule has 3 unspecified atom stereocenters. The van der Waals surface area contributed by atoms with Crippen LogP contribution in [0.3, 0.4) is 0 Å². The molecule has 108 valence electrons. The summed E-state index contributed by atoms with van der Waals surface area (Å²) in [7, 11) is 3.45. The van der Waals surface area contributed by atoms with E-state index in [4.69, 9.17) is 9.47 Å². The fourth-order valence-electron chi connectivity index (χ4n) is 4.12. The molecule has 0 radical (unpaired) electrons. The predicted molar refractivity (Wildman–Crippen MR) is 77.6 cm³/mol. The SMILES string of the molecule is COc1ccc2c(c1OC)C[C@H]1NCCC3NC3C1C2. The van der Waals surface area contributed by atoms with Crippen LogP contribution >= 0.6 is 0 Å². The summed E-state index contributed by atoms with van der Waals surface area (Å²) in [5, 5.41) is 7.39. The van der Waals surface area contributed by atoms with E-state index in [1.54, 1.807) is 14.2 Å². The normalized spacial score (nSPS) is 34.3. The summed E-state index contributed by atoms with van der Waals surface area (Å²) in [4.78, 5) is 0. The molecule has 3 aliphatic rings. The van der Waals surface area contributed by atoms with Gasteiger partial charge < -0.3 is 20.1 Å². The monoisotopic (exact) mass is 274 g/mol. The van der Waals surface area contributed by atoms with E-state index in [1.165, 1.54) is 17.5 Å². The average Bonchev–Trinajstić information content (AvgIpc) is 3.24. The minimum atomic E-state index is 0.563. The molecule has 2 N–H and O–H groups in total. The van der Waals surface area contributed by atoms with E-state index in [9.17, 15) is 0 Å². The highest BCUT2D eigenvalue weighted by molar-refractivity contribution is 5.52. The van der Waals surface area contributed by atoms with Crippen LogP contribution in [0.15, 0.2) is 12.1 Å². The van der Waals surface area contributed by atoms with Crippen LogP contribution in [0.4, 0.5) is 0 Å². The predicted octanol–water partition coefficient (Wildman–Crippen LogP) is 1.12. The van der Waals surface area contributed by atoms with Gasteiger partial charge in [-0.2, -0.15) is 0 Å². The molecule has 1 aromatic carbocycles. The standard InChI is InChI=1S/C16H22N2O2/c1-19-14-4-3-9-7-11-13(8-10(9)16(14)20-2)17-6-5-12-15(11)18-12/h3-4,11-13,15,17-18H,5-8H2,1-2H3/t11?,12?,13-,15?/m1/s1. The Kier molecular flexibility index (Phi) is 2.89. The van der Waals surface area contributed by atoms with Crippen LogP contribution in [0.5, 0.6) is 11.5 Å². The molecule has 4 heteroatoms. The van der Waals surface area contributed by atoms with Crippen LogP contribution in [-0.2, 0) is 12.8 Å². The topological polar surface area (TPSA) is 52.4 Å². The van der Waals surface area contributed by atoms with Gasteiger partial charge in [0.1, 0.15) is 0 Å². The maximum absolute atomic E-state index is 5.61. The first-order chi connectivity index (χ1) is 9.81. The highest BCUT2D eigenvalue weighted by Gasteiger charge is 2.48. The fourth-order valence-corrected chi connectivity index (χ4v) is 4.12. The summed E-state index contributed by atoms with van der Waals surface area (Å²) in [5.41, 5.74) is 2.76.